The van der Waals surface area contributed by atoms with Gasteiger partial charge in [-0.1, -0.05) is 61.5 Å². The molecule has 0 amide bonds. The Kier molecular flexibility index (Phi) is 4.27. The molecule has 3 rings (SSSR count). The minimum Gasteiger partial charge on any atom is -0.309 e. The standard InChI is InChI=1S/C19H20N2/c1-2-20-18(14-15-8-4-3-5-9-15)19-17-11-7-6-10-16(17)12-13-21-19/h3-13,18,20H,2,14H2,1H3. The molecular formula is C19H20N2. The Morgan fingerprint density at radius 1 is 0.952 bits per heavy atom. The highest BCUT2D eigenvalue weighted by Crippen LogP contribution is 2.24. The van der Waals surface area contributed by atoms with Crippen LogP contribution in [0, 0.1) is 0 Å². The molecule has 21 heavy (non-hydrogen) atoms. The van der Waals surface area contributed by atoms with E-state index in [0.717, 1.165) is 18.7 Å². The maximum Gasteiger partial charge on any atom is 0.0654 e. The maximum absolute atomic E-state index is 4.66. The molecule has 1 atom stereocenters. The third-order valence-corrected chi connectivity index (χ3v) is 3.77. The van der Waals surface area contributed by atoms with Crippen molar-refractivity contribution < 1.29 is 0 Å². The molecule has 0 saturated carbocycles. The number of nitrogens with one attached hydrogen (secondary N) is 1. The lowest BCUT2D eigenvalue weighted by Crippen LogP contribution is -2.24. The van der Waals surface area contributed by atoms with Crippen molar-refractivity contribution in [2.24, 2.45) is 0 Å². The maximum atomic E-state index is 4.66. The molecule has 2 heteroatoms. The van der Waals surface area contributed by atoms with Crippen LogP contribution in [0.2, 0.25) is 0 Å². The molecule has 0 aliphatic rings. The van der Waals surface area contributed by atoms with E-state index >= 15 is 0 Å². The van der Waals surface area contributed by atoms with Gasteiger partial charge in [0.25, 0.3) is 0 Å². The number of pyridine rings is 1. The third kappa shape index (κ3) is 3.11. The molecule has 0 aliphatic carbocycles. The van der Waals surface area contributed by atoms with E-state index in [1.807, 2.05) is 6.20 Å². The molecule has 0 radical (unpaired) electrons. The van der Waals surface area contributed by atoms with Gasteiger partial charge in [-0.2, -0.15) is 0 Å². The molecule has 0 bridgehead atoms. The van der Waals surface area contributed by atoms with Crippen LogP contribution in [0.25, 0.3) is 10.8 Å². The minimum absolute atomic E-state index is 0.239. The Hall–Kier alpha value is -2.19. The summed E-state index contributed by atoms with van der Waals surface area (Å²) in [4.78, 5) is 4.66. The summed E-state index contributed by atoms with van der Waals surface area (Å²) in [5.74, 6) is 0. The van der Waals surface area contributed by atoms with Gasteiger partial charge < -0.3 is 5.32 Å². The molecule has 106 valence electrons. The first kappa shape index (κ1) is 13.8. The molecule has 0 saturated heterocycles. The van der Waals surface area contributed by atoms with Crippen LogP contribution in [-0.2, 0) is 6.42 Å². The van der Waals surface area contributed by atoms with Crippen LogP contribution >= 0.6 is 0 Å². The van der Waals surface area contributed by atoms with E-state index in [4.69, 9.17) is 0 Å². The summed E-state index contributed by atoms with van der Waals surface area (Å²) in [7, 11) is 0. The van der Waals surface area contributed by atoms with Crippen molar-refractivity contribution in [1.29, 1.82) is 0 Å². The van der Waals surface area contributed by atoms with Gasteiger partial charge in [-0.15, -0.1) is 0 Å². The minimum atomic E-state index is 0.239. The SMILES string of the molecule is CCNC(Cc1ccccc1)c1nccc2ccccc12. The molecule has 1 N–H and O–H groups in total. The number of likely N-dealkylation sites (N-methyl/N-ethyl adjacent to an activating group) is 1. The summed E-state index contributed by atoms with van der Waals surface area (Å²) in [5.41, 5.74) is 2.47. The molecule has 1 heterocycles. The highest BCUT2D eigenvalue weighted by atomic mass is 14.9. The number of nitrogens with zero attached hydrogens (tertiary/aromatic N) is 1. The zero-order chi connectivity index (χ0) is 14.5. The van der Waals surface area contributed by atoms with Gasteiger partial charge in [0.2, 0.25) is 0 Å². The molecule has 2 nitrogen and oxygen atoms in total. The third-order valence-electron chi connectivity index (χ3n) is 3.77. The molecule has 0 fully saturated rings. The van der Waals surface area contributed by atoms with Gasteiger partial charge in [-0.3, -0.25) is 4.98 Å². The average Bonchev–Trinajstić information content (AvgIpc) is 2.55. The van der Waals surface area contributed by atoms with E-state index in [-0.39, 0.29) is 6.04 Å². The van der Waals surface area contributed by atoms with Crippen molar-refractivity contribution in [2.45, 2.75) is 19.4 Å². The highest BCUT2D eigenvalue weighted by molar-refractivity contribution is 5.84. The number of rotatable bonds is 5. The normalized spacial score (nSPS) is 12.4. The van der Waals surface area contributed by atoms with E-state index < -0.39 is 0 Å². The molecule has 3 aromatic rings. The van der Waals surface area contributed by atoms with Gasteiger partial charge in [0.05, 0.1) is 11.7 Å². The molecule has 2 aromatic carbocycles. The second-order valence-electron chi connectivity index (χ2n) is 5.22. The van der Waals surface area contributed by atoms with Crippen molar-refractivity contribution in [3.63, 3.8) is 0 Å². The lowest BCUT2D eigenvalue weighted by atomic mass is 9.98. The van der Waals surface area contributed by atoms with Gasteiger partial charge in [0.1, 0.15) is 0 Å². The Morgan fingerprint density at radius 2 is 1.71 bits per heavy atom. The van der Waals surface area contributed by atoms with Crippen LogP contribution in [0.3, 0.4) is 0 Å². The van der Waals surface area contributed by atoms with Crippen LogP contribution < -0.4 is 5.32 Å². The fourth-order valence-corrected chi connectivity index (χ4v) is 2.78. The van der Waals surface area contributed by atoms with E-state index in [1.54, 1.807) is 0 Å². The van der Waals surface area contributed by atoms with E-state index in [2.05, 4.69) is 77.9 Å². The van der Waals surface area contributed by atoms with Crippen molar-refractivity contribution in [1.82, 2.24) is 10.3 Å². The summed E-state index contributed by atoms with van der Waals surface area (Å²) in [6, 6.07) is 21.4. The predicted molar refractivity (Wildman–Crippen MR) is 88.3 cm³/mol. The monoisotopic (exact) mass is 276 g/mol. The molecule has 0 aliphatic heterocycles. The zero-order valence-electron chi connectivity index (χ0n) is 12.3. The van der Waals surface area contributed by atoms with Crippen molar-refractivity contribution in [3.8, 4) is 0 Å². The number of hydrogen-bond donors (Lipinski definition) is 1. The number of fused-ring (bicyclic) bond motifs is 1. The second kappa shape index (κ2) is 6.51. The Morgan fingerprint density at radius 3 is 2.52 bits per heavy atom. The van der Waals surface area contributed by atoms with Gasteiger partial charge >= 0.3 is 0 Å². The molecule has 0 spiro atoms. The largest absolute Gasteiger partial charge is 0.309 e. The Balaban J connectivity index is 1.99. The van der Waals surface area contributed by atoms with Gasteiger partial charge in [-0.05, 0) is 30.0 Å². The lowest BCUT2D eigenvalue weighted by Gasteiger charge is -2.19. The summed E-state index contributed by atoms with van der Waals surface area (Å²) >= 11 is 0. The van der Waals surface area contributed by atoms with Crippen molar-refractivity contribution in [2.75, 3.05) is 6.54 Å². The summed E-state index contributed by atoms with van der Waals surface area (Å²) in [5, 5.41) is 6.06. The first-order valence-corrected chi connectivity index (χ1v) is 7.49. The first-order valence-electron chi connectivity index (χ1n) is 7.49. The summed E-state index contributed by atoms with van der Waals surface area (Å²) < 4.78 is 0. The van der Waals surface area contributed by atoms with Crippen LogP contribution in [0.15, 0.2) is 66.9 Å². The number of aromatic nitrogens is 1. The number of hydrogen-bond acceptors (Lipinski definition) is 2. The van der Waals surface area contributed by atoms with E-state index in [0.29, 0.717) is 0 Å². The molecule has 1 unspecified atom stereocenters. The molecular weight excluding hydrogens is 256 g/mol. The van der Waals surface area contributed by atoms with Gasteiger partial charge in [-0.25, -0.2) is 0 Å². The molecule has 1 aromatic heterocycles. The van der Waals surface area contributed by atoms with E-state index in [9.17, 15) is 0 Å². The quantitative estimate of drug-likeness (QED) is 0.758. The summed E-state index contributed by atoms with van der Waals surface area (Å²) in [6.45, 7) is 3.07. The Bertz CT molecular complexity index is 702. The fourth-order valence-electron chi connectivity index (χ4n) is 2.78. The van der Waals surface area contributed by atoms with Crippen LogP contribution in [0.4, 0.5) is 0 Å². The van der Waals surface area contributed by atoms with Crippen LogP contribution in [0.1, 0.15) is 24.2 Å². The van der Waals surface area contributed by atoms with Crippen molar-refractivity contribution in [3.05, 3.63) is 78.1 Å². The average molecular weight is 276 g/mol. The highest BCUT2D eigenvalue weighted by Gasteiger charge is 2.15. The van der Waals surface area contributed by atoms with Crippen molar-refractivity contribution >= 4 is 10.8 Å². The Labute approximate surface area is 125 Å². The van der Waals surface area contributed by atoms with Gasteiger partial charge in [0.15, 0.2) is 0 Å². The van der Waals surface area contributed by atoms with Crippen LogP contribution in [0.5, 0.6) is 0 Å². The smallest absolute Gasteiger partial charge is 0.0654 e. The van der Waals surface area contributed by atoms with Gasteiger partial charge in [0, 0.05) is 11.6 Å². The summed E-state index contributed by atoms with van der Waals surface area (Å²) in [6.07, 6.45) is 2.86. The topological polar surface area (TPSA) is 24.9 Å². The fraction of sp³-hybridized carbons (Fsp3) is 0.211. The second-order valence-corrected chi connectivity index (χ2v) is 5.22. The number of benzene rings is 2. The predicted octanol–water partition coefficient (Wildman–Crippen LogP) is 4.13. The van der Waals surface area contributed by atoms with E-state index in [1.165, 1.54) is 16.3 Å². The van der Waals surface area contributed by atoms with Crippen LogP contribution in [-0.4, -0.2) is 11.5 Å². The lowest BCUT2D eigenvalue weighted by molar-refractivity contribution is 0.541. The first-order chi connectivity index (χ1) is 10.4. The zero-order valence-corrected chi connectivity index (χ0v) is 12.3.